The molecule has 0 fully saturated rings. The van der Waals surface area contributed by atoms with Crippen LogP contribution in [0.3, 0.4) is 0 Å². The first-order chi connectivity index (χ1) is 13.0. The SMILES string of the molecule is Cc1cnc(CNC(=O)Cn2nc(C)n(CCc3ccccc3)c2=O)cn1. The fourth-order valence-corrected chi connectivity index (χ4v) is 2.69. The topological polar surface area (TPSA) is 94.7 Å². The van der Waals surface area contributed by atoms with E-state index < -0.39 is 0 Å². The Morgan fingerprint density at radius 1 is 1.11 bits per heavy atom. The van der Waals surface area contributed by atoms with Crippen molar-refractivity contribution in [2.45, 2.75) is 39.9 Å². The molecule has 8 heteroatoms. The summed E-state index contributed by atoms with van der Waals surface area (Å²) in [5, 5.41) is 6.94. The van der Waals surface area contributed by atoms with E-state index >= 15 is 0 Å². The summed E-state index contributed by atoms with van der Waals surface area (Å²) in [6.07, 6.45) is 3.99. The van der Waals surface area contributed by atoms with Gasteiger partial charge in [-0.15, -0.1) is 0 Å². The molecule has 3 rings (SSSR count). The lowest BCUT2D eigenvalue weighted by molar-refractivity contribution is -0.122. The van der Waals surface area contributed by atoms with Gasteiger partial charge in [0.05, 0.1) is 24.1 Å². The van der Waals surface area contributed by atoms with Gasteiger partial charge in [0.1, 0.15) is 12.4 Å². The molecule has 0 spiro atoms. The summed E-state index contributed by atoms with van der Waals surface area (Å²) in [6.45, 7) is 4.27. The zero-order valence-electron chi connectivity index (χ0n) is 15.4. The molecule has 0 unspecified atom stereocenters. The highest BCUT2D eigenvalue weighted by molar-refractivity contribution is 5.75. The Balaban J connectivity index is 1.59. The largest absolute Gasteiger partial charge is 0.349 e. The Hall–Kier alpha value is -3.29. The number of rotatable bonds is 7. The van der Waals surface area contributed by atoms with Crippen molar-refractivity contribution in [3.63, 3.8) is 0 Å². The van der Waals surface area contributed by atoms with Crippen molar-refractivity contribution in [1.82, 2.24) is 29.6 Å². The molecule has 1 amide bonds. The molecular formula is C19H22N6O2. The third kappa shape index (κ3) is 4.87. The van der Waals surface area contributed by atoms with Crippen molar-refractivity contribution in [3.8, 4) is 0 Å². The Bertz CT molecular complexity index is 960. The lowest BCUT2D eigenvalue weighted by Gasteiger charge is -2.04. The second kappa shape index (κ2) is 8.39. The third-order valence-electron chi connectivity index (χ3n) is 4.17. The average molecular weight is 366 g/mol. The fraction of sp³-hybridized carbons (Fsp3) is 0.316. The maximum Gasteiger partial charge on any atom is 0.346 e. The minimum absolute atomic E-state index is 0.128. The number of nitrogens with zero attached hydrogens (tertiary/aromatic N) is 5. The minimum atomic E-state index is -0.299. The van der Waals surface area contributed by atoms with Crippen LogP contribution in [0.1, 0.15) is 22.8 Å². The van der Waals surface area contributed by atoms with Crippen LogP contribution in [0.5, 0.6) is 0 Å². The number of aryl methyl sites for hydroxylation is 3. The Morgan fingerprint density at radius 3 is 2.59 bits per heavy atom. The second-order valence-corrected chi connectivity index (χ2v) is 6.30. The first-order valence-electron chi connectivity index (χ1n) is 8.75. The van der Waals surface area contributed by atoms with Gasteiger partial charge in [-0.1, -0.05) is 30.3 Å². The molecule has 0 radical (unpaired) electrons. The Labute approximate surface area is 156 Å². The monoisotopic (exact) mass is 366 g/mol. The molecule has 0 saturated carbocycles. The van der Waals surface area contributed by atoms with Gasteiger partial charge < -0.3 is 5.32 Å². The standard InChI is InChI=1S/C19H22N6O2/c1-14-10-21-17(11-20-14)12-22-18(26)13-25-19(27)24(15(2)23-25)9-8-16-6-4-3-5-7-16/h3-7,10-11H,8-9,12-13H2,1-2H3,(H,22,26). The van der Waals surface area contributed by atoms with Crippen molar-refractivity contribution >= 4 is 5.91 Å². The molecular weight excluding hydrogens is 344 g/mol. The maximum absolute atomic E-state index is 12.5. The smallest absolute Gasteiger partial charge is 0.346 e. The van der Waals surface area contributed by atoms with Gasteiger partial charge in [-0.3, -0.25) is 19.3 Å². The summed E-state index contributed by atoms with van der Waals surface area (Å²) in [6, 6.07) is 9.94. The minimum Gasteiger partial charge on any atom is -0.349 e. The summed E-state index contributed by atoms with van der Waals surface area (Å²) in [4.78, 5) is 33.0. The van der Waals surface area contributed by atoms with E-state index in [9.17, 15) is 9.59 Å². The van der Waals surface area contributed by atoms with Gasteiger partial charge in [0, 0.05) is 12.7 Å². The normalized spacial score (nSPS) is 10.7. The maximum atomic E-state index is 12.5. The van der Waals surface area contributed by atoms with Gasteiger partial charge in [-0.25, -0.2) is 9.48 Å². The van der Waals surface area contributed by atoms with Crippen LogP contribution >= 0.6 is 0 Å². The van der Waals surface area contributed by atoms with Gasteiger partial charge in [0.15, 0.2) is 0 Å². The van der Waals surface area contributed by atoms with Crippen LogP contribution in [0, 0.1) is 13.8 Å². The Kier molecular flexibility index (Phi) is 5.75. The molecule has 0 aliphatic rings. The highest BCUT2D eigenvalue weighted by atomic mass is 16.2. The van der Waals surface area contributed by atoms with E-state index in [-0.39, 0.29) is 24.7 Å². The molecule has 2 aromatic heterocycles. The predicted molar refractivity (Wildman–Crippen MR) is 100.0 cm³/mol. The molecule has 1 N–H and O–H groups in total. The third-order valence-corrected chi connectivity index (χ3v) is 4.17. The van der Waals surface area contributed by atoms with Crippen LogP contribution in [0.2, 0.25) is 0 Å². The zero-order chi connectivity index (χ0) is 19.2. The highest BCUT2D eigenvalue weighted by Gasteiger charge is 2.13. The van der Waals surface area contributed by atoms with E-state index in [1.54, 1.807) is 23.9 Å². The first kappa shape index (κ1) is 18.5. The molecule has 0 atom stereocenters. The van der Waals surface area contributed by atoms with Crippen molar-refractivity contribution in [3.05, 3.63) is 76.0 Å². The predicted octanol–water partition coefficient (Wildman–Crippen LogP) is 1.01. The number of amides is 1. The molecule has 1 aromatic carbocycles. The summed E-state index contributed by atoms with van der Waals surface area (Å²) in [5.74, 6) is 0.292. The number of carbonyl (C=O) groups is 1. The van der Waals surface area contributed by atoms with Crippen LogP contribution in [0.25, 0.3) is 0 Å². The quantitative estimate of drug-likeness (QED) is 0.673. The first-order valence-corrected chi connectivity index (χ1v) is 8.75. The number of carbonyl (C=O) groups excluding carboxylic acids is 1. The van der Waals surface area contributed by atoms with Crippen molar-refractivity contribution in [2.75, 3.05) is 0 Å². The Morgan fingerprint density at radius 2 is 1.89 bits per heavy atom. The van der Waals surface area contributed by atoms with Crippen molar-refractivity contribution in [2.24, 2.45) is 0 Å². The van der Waals surface area contributed by atoms with E-state index in [1.165, 1.54) is 4.68 Å². The summed E-state index contributed by atoms with van der Waals surface area (Å²) in [5.41, 5.74) is 2.33. The van der Waals surface area contributed by atoms with Crippen molar-refractivity contribution in [1.29, 1.82) is 0 Å². The summed E-state index contributed by atoms with van der Waals surface area (Å²) >= 11 is 0. The lowest BCUT2D eigenvalue weighted by Crippen LogP contribution is -2.33. The average Bonchev–Trinajstić information content (AvgIpc) is 2.93. The fourth-order valence-electron chi connectivity index (χ4n) is 2.69. The van der Waals surface area contributed by atoms with Crippen molar-refractivity contribution < 1.29 is 4.79 Å². The second-order valence-electron chi connectivity index (χ2n) is 6.30. The molecule has 0 saturated heterocycles. The van der Waals surface area contributed by atoms with Gasteiger partial charge in [0.2, 0.25) is 5.91 Å². The zero-order valence-corrected chi connectivity index (χ0v) is 15.4. The molecule has 140 valence electrons. The molecule has 3 aromatic rings. The number of nitrogens with one attached hydrogen (secondary N) is 1. The van der Waals surface area contributed by atoms with Gasteiger partial charge in [0.25, 0.3) is 0 Å². The highest BCUT2D eigenvalue weighted by Crippen LogP contribution is 2.02. The number of aromatic nitrogens is 5. The molecule has 0 aliphatic heterocycles. The van der Waals surface area contributed by atoms with Crippen LogP contribution in [-0.4, -0.2) is 30.2 Å². The van der Waals surface area contributed by atoms with E-state index in [2.05, 4.69) is 20.4 Å². The van der Waals surface area contributed by atoms with Gasteiger partial charge in [-0.2, -0.15) is 5.10 Å². The van der Waals surface area contributed by atoms with Crippen LogP contribution < -0.4 is 11.0 Å². The summed E-state index contributed by atoms with van der Waals surface area (Å²) in [7, 11) is 0. The number of benzene rings is 1. The molecule has 0 aliphatic carbocycles. The molecule has 2 heterocycles. The molecule has 8 nitrogen and oxygen atoms in total. The molecule has 27 heavy (non-hydrogen) atoms. The van der Waals surface area contributed by atoms with E-state index in [4.69, 9.17) is 0 Å². The van der Waals surface area contributed by atoms with Gasteiger partial charge in [-0.05, 0) is 25.8 Å². The van der Waals surface area contributed by atoms with Crippen LogP contribution in [-0.2, 0) is 30.8 Å². The van der Waals surface area contributed by atoms with E-state index in [1.807, 2.05) is 37.3 Å². The lowest BCUT2D eigenvalue weighted by atomic mass is 10.1. The number of hydrogen-bond acceptors (Lipinski definition) is 5. The van der Waals surface area contributed by atoms with Crippen LogP contribution in [0.4, 0.5) is 0 Å². The molecule has 0 bridgehead atoms. The van der Waals surface area contributed by atoms with E-state index in [0.29, 0.717) is 18.1 Å². The summed E-state index contributed by atoms with van der Waals surface area (Å²) < 4.78 is 2.78. The van der Waals surface area contributed by atoms with Crippen LogP contribution in [0.15, 0.2) is 47.5 Å². The van der Waals surface area contributed by atoms with Gasteiger partial charge >= 0.3 is 5.69 Å². The van der Waals surface area contributed by atoms with E-state index in [0.717, 1.165) is 17.7 Å². The number of hydrogen-bond donors (Lipinski definition) is 1.